The Balaban J connectivity index is 1.99. The standard InChI is InChI=1S/C18H17BrN4O3/c1-22-10-9-20-18(22)17(12-3-6-14(26-2)7-4-12)21-16-8-5-13(23(24)25)11-15(16)19/h3-11,17,21H,1-2H3. The van der Waals surface area contributed by atoms with Gasteiger partial charge in [-0.2, -0.15) is 0 Å². The average molecular weight is 417 g/mol. The van der Waals surface area contributed by atoms with Gasteiger partial charge < -0.3 is 14.6 Å². The Labute approximate surface area is 158 Å². The highest BCUT2D eigenvalue weighted by Gasteiger charge is 2.20. The summed E-state index contributed by atoms with van der Waals surface area (Å²) in [5.74, 6) is 1.59. The number of nitro groups is 1. The molecular formula is C18H17BrN4O3. The number of hydrogen-bond acceptors (Lipinski definition) is 5. The molecule has 8 heteroatoms. The molecule has 0 aliphatic carbocycles. The van der Waals surface area contributed by atoms with Crippen molar-refractivity contribution in [1.82, 2.24) is 9.55 Å². The number of halogens is 1. The molecular weight excluding hydrogens is 400 g/mol. The largest absolute Gasteiger partial charge is 0.497 e. The lowest BCUT2D eigenvalue weighted by Crippen LogP contribution is -2.17. The van der Waals surface area contributed by atoms with Crippen molar-refractivity contribution in [2.24, 2.45) is 7.05 Å². The van der Waals surface area contributed by atoms with Gasteiger partial charge in [0.2, 0.25) is 0 Å². The molecule has 26 heavy (non-hydrogen) atoms. The average Bonchev–Trinajstić information content (AvgIpc) is 3.06. The van der Waals surface area contributed by atoms with Crippen molar-refractivity contribution in [2.75, 3.05) is 12.4 Å². The van der Waals surface area contributed by atoms with Gasteiger partial charge in [-0.3, -0.25) is 10.1 Å². The summed E-state index contributed by atoms with van der Waals surface area (Å²) in [5.41, 5.74) is 1.75. The van der Waals surface area contributed by atoms with Crippen molar-refractivity contribution in [3.8, 4) is 5.75 Å². The fourth-order valence-corrected chi connectivity index (χ4v) is 3.12. The number of nitrogens with one attached hydrogen (secondary N) is 1. The lowest BCUT2D eigenvalue weighted by Gasteiger charge is -2.21. The molecule has 1 unspecified atom stereocenters. The van der Waals surface area contributed by atoms with Crippen LogP contribution in [-0.4, -0.2) is 21.6 Å². The highest BCUT2D eigenvalue weighted by atomic mass is 79.9. The fraction of sp³-hybridized carbons (Fsp3) is 0.167. The number of aryl methyl sites for hydroxylation is 1. The van der Waals surface area contributed by atoms with E-state index in [1.807, 2.05) is 42.1 Å². The van der Waals surface area contributed by atoms with Crippen LogP contribution in [-0.2, 0) is 7.05 Å². The summed E-state index contributed by atoms with van der Waals surface area (Å²) >= 11 is 3.41. The number of ether oxygens (including phenoxy) is 1. The van der Waals surface area contributed by atoms with Gasteiger partial charge in [0.15, 0.2) is 0 Å². The summed E-state index contributed by atoms with van der Waals surface area (Å²) in [7, 11) is 3.54. The lowest BCUT2D eigenvalue weighted by atomic mass is 10.1. The van der Waals surface area contributed by atoms with E-state index in [0.717, 1.165) is 22.8 Å². The van der Waals surface area contributed by atoms with Crippen LogP contribution in [0.4, 0.5) is 11.4 Å². The van der Waals surface area contributed by atoms with Crippen molar-refractivity contribution in [1.29, 1.82) is 0 Å². The molecule has 0 aliphatic rings. The molecule has 0 amide bonds. The topological polar surface area (TPSA) is 82.2 Å². The molecule has 134 valence electrons. The molecule has 0 aliphatic heterocycles. The van der Waals surface area contributed by atoms with E-state index in [-0.39, 0.29) is 11.7 Å². The molecule has 0 radical (unpaired) electrons. The van der Waals surface area contributed by atoms with Crippen LogP contribution in [0.2, 0.25) is 0 Å². The SMILES string of the molecule is COc1ccc(C(Nc2ccc([N+](=O)[O-])cc2Br)c2nccn2C)cc1. The zero-order chi connectivity index (χ0) is 18.7. The third kappa shape index (κ3) is 3.70. The van der Waals surface area contributed by atoms with Gasteiger partial charge >= 0.3 is 0 Å². The lowest BCUT2D eigenvalue weighted by molar-refractivity contribution is -0.384. The Morgan fingerprint density at radius 2 is 2.00 bits per heavy atom. The van der Waals surface area contributed by atoms with Crippen LogP contribution < -0.4 is 10.1 Å². The molecule has 0 saturated carbocycles. The molecule has 1 atom stereocenters. The van der Waals surface area contributed by atoms with Crippen LogP contribution in [0.3, 0.4) is 0 Å². The molecule has 3 rings (SSSR count). The predicted octanol–water partition coefficient (Wildman–Crippen LogP) is 4.30. The normalized spacial score (nSPS) is 11.8. The summed E-state index contributed by atoms with van der Waals surface area (Å²) in [5, 5.41) is 14.4. The van der Waals surface area contributed by atoms with Crippen molar-refractivity contribution < 1.29 is 9.66 Å². The molecule has 0 spiro atoms. The van der Waals surface area contributed by atoms with E-state index in [9.17, 15) is 10.1 Å². The number of benzene rings is 2. The monoisotopic (exact) mass is 416 g/mol. The molecule has 0 bridgehead atoms. The zero-order valence-electron chi connectivity index (χ0n) is 14.2. The zero-order valence-corrected chi connectivity index (χ0v) is 15.8. The first-order valence-corrected chi connectivity index (χ1v) is 8.60. The molecule has 0 saturated heterocycles. The first-order chi connectivity index (χ1) is 12.5. The minimum atomic E-state index is -0.422. The maximum atomic E-state index is 10.9. The number of imidazole rings is 1. The van der Waals surface area contributed by atoms with Gasteiger partial charge in [-0.15, -0.1) is 0 Å². The Hall–Kier alpha value is -2.87. The first-order valence-electron chi connectivity index (χ1n) is 7.81. The number of rotatable bonds is 6. The fourth-order valence-electron chi connectivity index (χ4n) is 2.64. The third-order valence-electron chi connectivity index (χ3n) is 4.03. The van der Waals surface area contributed by atoms with E-state index in [1.54, 1.807) is 19.4 Å². The number of hydrogen-bond donors (Lipinski definition) is 1. The summed E-state index contributed by atoms with van der Waals surface area (Å²) in [6, 6.07) is 12.1. The van der Waals surface area contributed by atoms with Crippen LogP contribution in [0, 0.1) is 10.1 Å². The number of anilines is 1. The maximum Gasteiger partial charge on any atom is 0.270 e. The molecule has 7 nitrogen and oxygen atoms in total. The van der Waals surface area contributed by atoms with Gasteiger partial charge in [0.1, 0.15) is 17.6 Å². The van der Waals surface area contributed by atoms with Crippen LogP contribution in [0.25, 0.3) is 0 Å². The van der Waals surface area contributed by atoms with Crippen LogP contribution in [0.1, 0.15) is 17.4 Å². The molecule has 3 aromatic rings. The first kappa shape index (κ1) is 17.9. The Morgan fingerprint density at radius 1 is 1.27 bits per heavy atom. The van der Waals surface area contributed by atoms with Gasteiger partial charge in [-0.25, -0.2) is 4.98 Å². The molecule has 1 N–H and O–H groups in total. The van der Waals surface area contributed by atoms with E-state index in [4.69, 9.17) is 4.74 Å². The highest BCUT2D eigenvalue weighted by molar-refractivity contribution is 9.10. The Morgan fingerprint density at radius 3 is 2.54 bits per heavy atom. The number of nitro benzene ring substituents is 1. The van der Waals surface area contributed by atoms with E-state index in [1.165, 1.54) is 12.1 Å². The predicted molar refractivity (Wildman–Crippen MR) is 102 cm³/mol. The van der Waals surface area contributed by atoms with Crippen molar-refractivity contribution in [2.45, 2.75) is 6.04 Å². The van der Waals surface area contributed by atoms with Gasteiger partial charge in [-0.1, -0.05) is 12.1 Å². The van der Waals surface area contributed by atoms with Crippen molar-refractivity contribution in [3.05, 3.63) is 80.8 Å². The molecule has 1 heterocycles. The minimum absolute atomic E-state index is 0.0282. The van der Waals surface area contributed by atoms with Crippen molar-refractivity contribution in [3.63, 3.8) is 0 Å². The Kier molecular flexibility index (Phi) is 5.22. The summed E-state index contributed by atoms with van der Waals surface area (Å²) < 4.78 is 7.77. The van der Waals surface area contributed by atoms with E-state index in [2.05, 4.69) is 26.2 Å². The number of methoxy groups -OCH3 is 1. The molecule has 0 fully saturated rings. The van der Waals surface area contributed by atoms with E-state index < -0.39 is 4.92 Å². The highest BCUT2D eigenvalue weighted by Crippen LogP contribution is 2.32. The maximum absolute atomic E-state index is 10.9. The second-order valence-electron chi connectivity index (χ2n) is 5.67. The van der Waals surface area contributed by atoms with Crippen molar-refractivity contribution >= 4 is 27.3 Å². The number of non-ortho nitro benzene ring substituents is 1. The summed E-state index contributed by atoms with van der Waals surface area (Å²) in [4.78, 5) is 15.0. The summed E-state index contributed by atoms with van der Waals surface area (Å²) in [6.45, 7) is 0. The van der Waals surface area contributed by atoms with E-state index >= 15 is 0 Å². The molecule has 2 aromatic carbocycles. The van der Waals surface area contributed by atoms with Gasteiger partial charge in [0.25, 0.3) is 5.69 Å². The minimum Gasteiger partial charge on any atom is -0.497 e. The third-order valence-corrected chi connectivity index (χ3v) is 4.69. The second kappa shape index (κ2) is 7.57. The Bertz CT molecular complexity index is 924. The van der Waals surface area contributed by atoms with Gasteiger partial charge in [0, 0.05) is 41.7 Å². The number of aromatic nitrogens is 2. The summed E-state index contributed by atoms with van der Waals surface area (Å²) in [6.07, 6.45) is 3.61. The van der Waals surface area contributed by atoms with Gasteiger partial charge in [0.05, 0.1) is 12.0 Å². The van der Waals surface area contributed by atoms with E-state index in [0.29, 0.717) is 4.47 Å². The second-order valence-corrected chi connectivity index (χ2v) is 6.52. The van der Waals surface area contributed by atoms with Gasteiger partial charge in [-0.05, 0) is 39.7 Å². The van der Waals surface area contributed by atoms with Crippen LogP contribution in [0.15, 0.2) is 59.3 Å². The smallest absolute Gasteiger partial charge is 0.270 e. The van der Waals surface area contributed by atoms with Crippen LogP contribution in [0.5, 0.6) is 5.75 Å². The van der Waals surface area contributed by atoms with Crippen LogP contribution >= 0.6 is 15.9 Å². The molecule has 1 aromatic heterocycles. The quantitative estimate of drug-likeness (QED) is 0.478. The number of nitrogens with zero attached hydrogens (tertiary/aromatic N) is 3.